The van der Waals surface area contributed by atoms with Crippen LogP contribution in [0.1, 0.15) is 23.5 Å². The quantitative estimate of drug-likeness (QED) is 0.732. The van der Waals surface area contributed by atoms with Crippen molar-refractivity contribution in [3.8, 4) is 0 Å². The first-order valence-corrected chi connectivity index (χ1v) is 5.80. The van der Waals surface area contributed by atoms with E-state index in [1.165, 1.54) is 5.01 Å². The summed E-state index contributed by atoms with van der Waals surface area (Å²) in [6.07, 6.45) is 1.94. The maximum Gasteiger partial charge on any atom is 0.107 e. The molecule has 1 heterocycles. The molecule has 0 unspecified atom stereocenters. The van der Waals surface area contributed by atoms with Crippen molar-refractivity contribution in [2.75, 3.05) is 20.2 Å². The SMILES string of the molecule is Cc1csc(CN(C)CCCCO)n1. The van der Waals surface area contributed by atoms with Crippen molar-refractivity contribution in [2.24, 2.45) is 0 Å². The summed E-state index contributed by atoms with van der Waals surface area (Å²) < 4.78 is 0. The Morgan fingerprint density at radius 3 is 2.86 bits per heavy atom. The van der Waals surface area contributed by atoms with Crippen LogP contribution in [0, 0.1) is 6.92 Å². The molecule has 0 aliphatic rings. The molecule has 0 fully saturated rings. The second-order valence-corrected chi connectivity index (χ2v) is 4.49. The lowest BCUT2D eigenvalue weighted by molar-refractivity contribution is 0.261. The molecular formula is C10H18N2OS. The molecule has 1 rings (SSSR count). The van der Waals surface area contributed by atoms with Crippen molar-refractivity contribution >= 4 is 11.3 Å². The van der Waals surface area contributed by atoms with E-state index in [4.69, 9.17) is 5.11 Å². The van der Waals surface area contributed by atoms with Crippen molar-refractivity contribution in [2.45, 2.75) is 26.3 Å². The normalized spacial score (nSPS) is 11.1. The Kier molecular flexibility index (Phi) is 5.07. The topological polar surface area (TPSA) is 36.4 Å². The van der Waals surface area contributed by atoms with Gasteiger partial charge in [-0.2, -0.15) is 0 Å². The molecule has 80 valence electrons. The summed E-state index contributed by atoms with van der Waals surface area (Å²) in [5, 5.41) is 11.9. The van der Waals surface area contributed by atoms with Gasteiger partial charge < -0.3 is 5.11 Å². The van der Waals surface area contributed by atoms with Crippen LogP contribution in [0.25, 0.3) is 0 Å². The molecule has 0 atom stereocenters. The molecule has 0 radical (unpaired) electrons. The predicted octanol–water partition coefficient (Wildman–Crippen LogP) is 1.66. The number of aryl methyl sites for hydroxylation is 1. The molecule has 3 nitrogen and oxygen atoms in total. The Balaban J connectivity index is 2.23. The molecule has 1 aromatic heterocycles. The van der Waals surface area contributed by atoms with E-state index in [1.807, 2.05) is 6.92 Å². The number of unbranched alkanes of at least 4 members (excludes halogenated alkanes) is 1. The van der Waals surface area contributed by atoms with E-state index >= 15 is 0 Å². The summed E-state index contributed by atoms with van der Waals surface area (Å²) in [5.41, 5.74) is 1.11. The second-order valence-electron chi connectivity index (χ2n) is 3.55. The molecular weight excluding hydrogens is 196 g/mol. The highest BCUT2D eigenvalue weighted by molar-refractivity contribution is 7.09. The summed E-state index contributed by atoms with van der Waals surface area (Å²) in [6, 6.07) is 0. The molecule has 4 heteroatoms. The Bertz CT molecular complexity index is 262. The van der Waals surface area contributed by atoms with Crippen LogP contribution in [0.5, 0.6) is 0 Å². The third kappa shape index (κ3) is 4.17. The zero-order valence-corrected chi connectivity index (χ0v) is 9.68. The molecule has 0 amide bonds. The van der Waals surface area contributed by atoms with E-state index in [2.05, 4.69) is 22.3 Å². The zero-order chi connectivity index (χ0) is 10.4. The maximum atomic E-state index is 8.64. The largest absolute Gasteiger partial charge is 0.396 e. The molecule has 0 aliphatic heterocycles. The van der Waals surface area contributed by atoms with Gasteiger partial charge in [0.1, 0.15) is 5.01 Å². The number of thiazole rings is 1. The van der Waals surface area contributed by atoms with Crippen molar-refractivity contribution in [1.82, 2.24) is 9.88 Å². The zero-order valence-electron chi connectivity index (χ0n) is 8.86. The maximum absolute atomic E-state index is 8.64. The van der Waals surface area contributed by atoms with E-state index in [-0.39, 0.29) is 0 Å². The standard InChI is InChI=1S/C10H18N2OS/c1-9-8-14-10(11-9)7-12(2)5-3-4-6-13/h8,13H,3-7H2,1-2H3. The predicted molar refractivity (Wildman–Crippen MR) is 59.5 cm³/mol. The molecule has 0 saturated carbocycles. The molecule has 1 aromatic rings. The fourth-order valence-electron chi connectivity index (χ4n) is 1.28. The van der Waals surface area contributed by atoms with E-state index < -0.39 is 0 Å². The van der Waals surface area contributed by atoms with Gasteiger partial charge in [0.15, 0.2) is 0 Å². The van der Waals surface area contributed by atoms with Gasteiger partial charge in [0, 0.05) is 17.7 Å². The minimum atomic E-state index is 0.296. The van der Waals surface area contributed by atoms with Gasteiger partial charge in [0.2, 0.25) is 0 Å². The number of aliphatic hydroxyl groups excluding tert-OH is 1. The van der Waals surface area contributed by atoms with Crippen molar-refractivity contribution in [3.63, 3.8) is 0 Å². The highest BCUT2D eigenvalue weighted by atomic mass is 32.1. The number of hydrogen-bond acceptors (Lipinski definition) is 4. The van der Waals surface area contributed by atoms with Crippen LogP contribution in [0.2, 0.25) is 0 Å². The molecule has 1 N–H and O–H groups in total. The average molecular weight is 214 g/mol. The first kappa shape index (κ1) is 11.6. The van der Waals surface area contributed by atoms with Gasteiger partial charge in [0.25, 0.3) is 0 Å². The lowest BCUT2D eigenvalue weighted by Gasteiger charge is -2.13. The third-order valence-electron chi connectivity index (χ3n) is 2.02. The summed E-state index contributed by atoms with van der Waals surface area (Å²) in [7, 11) is 2.09. The summed E-state index contributed by atoms with van der Waals surface area (Å²) >= 11 is 1.71. The average Bonchev–Trinajstić information content (AvgIpc) is 2.52. The van der Waals surface area contributed by atoms with E-state index in [0.717, 1.165) is 31.6 Å². The summed E-state index contributed by atoms with van der Waals surface area (Å²) in [5.74, 6) is 0. The van der Waals surface area contributed by atoms with Crippen LogP contribution >= 0.6 is 11.3 Å². The Hall–Kier alpha value is -0.450. The van der Waals surface area contributed by atoms with Crippen LogP contribution in [-0.2, 0) is 6.54 Å². The molecule has 0 aromatic carbocycles. The lowest BCUT2D eigenvalue weighted by atomic mass is 10.3. The Labute approximate surface area is 89.4 Å². The first-order valence-electron chi connectivity index (χ1n) is 4.93. The van der Waals surface area contributed by atoms with Crippen LogP contribution in [0.15, 0.2) is 5.38 Å². The molecule has 0 spiro atoms. The minimum Gasteiger partial charge on any atom is -0.396 e. The van der Waals surface area contributed by atoms with Gasteiger partial charge in [0.05, 0.1) is 6.54 Å². The monoisotopic (exact) mass is 214 g/mol. The number of rotatable bonds is 6. The molecule has 0 aliphatic carbocycles. The number of aromatic nitrogens is 1. The van der Waals surface area contributed by atoms with E-state index in [1.54, 1.807) is 11.3 Å². The van der Waals surface area contributed by atoms with Gasteiger partial charge in [-0.1, -0.05) is 0 Å². The van der Waals surface area contributed by atoms with Crippen LogP contribution in [0.4, 0.5) is 0 Å². The van der Waals surface area contributed by atoms with E-state index in [0.29, 0.717) is 6.61 Å². The van der Waals surface area contributed by atoms with Crippen molar-refractivity contribution < 1.29 is 5.11 Å². The lowest BCUT2D eigenvalue weighted by Crippen LogP contribution is -2.19. The Morgan fingerprint density at radius 2 is 2.29 bits per heavy atom. The fourth-order valence-corrected chi connectivity index (χ4v) is 2.13. The highest BCUT2D eigenvalue weighted by Gasteiger charge is 2.03. The first-order chi connectivity index (χ1) is 6.72. The highest BCUT2D eigenvalue weighted by Crippen LogP contribution is 2.10. The smallest absolute Gasteiger partial charge is 0.107 e. The van der Waals surface area contributed by atoms with Crippen LogP contribution < -0.4 is 0 Å². The van der Waals surface area contributed by atoms with E-state index in [9.17, 15) is 0 Å². The van der Waals surface area contributed by atoms with Crippen LogP contribution in [0.3, 0.4) is 0 Å². The van der Waals surface area contributed by atoms with Gasteiger partial charge in [-0.15, -0.1) is 11.3 Å². The molecule has 0 bridgehead atoms. The van der Waals surface area contributed by atoms with Crippen molar-refractivity contribution in [1.29, 1.82) is 0 Å². The van der Waals surface area contributed by atoms with Gasteiger partial charge >= 0.3 is 0 Å². The number of nitrogens with zero attached hydrogens (tertiary/aromatic N) is 2. The van der Waals surface area contributed by atoms with Gasteiger partial charge in [-0.25, -0.2) is 4.98 Å². The minimum absolute atomic E-state index is 0.296. The van der Waals surface area contributed by atoms with Crippen LogP contribution in [-0.4, -0.2) is 35.2 Å². The van der Waals surface area contributed by atoms with Gasteiger partial charge in [-0.3, -0.25) is 4.90 Å². The number of aliphatic hydroxyl groups is 1. The fraction of sp³-hybridized carbons (Fsp3) is 0.700. The summed E-state index contributed by atoms with van der Waals surface area (Å²) in [4.78, 5) is 6.65. The van der Waals surface area contributed by atoms with Gasteiger partial charge in [-0.05, 0) is 33.4 Å². The number of hydrogen-bond donors (Lipinski definition) is 1. The summed E-state index contributed by atoms with van der Waals surface area (Å²) in [6.45, 7) is 4.26. The second kappa shape index (κ2) is 6.11. The van der Waals surface area contributed by atoms with Crippen molar-refractivity contribution in [3.05, 3.63) is 16.1 Å². The molecule has 0 saturated heterocycles. The third-order valence-corrected chi connectivity index (χ3v) is 2.97. The molecule has 14 heavy (non-hydrogen) atoms. The Morgan fingerprint density at radius 1 is 1.50 bits per heavy atom.